The van der Waals surface area contributed by atoms with Crippen molar-refractivity contribution in [3.63, 3.8) is 0 Å². The highest BCUT2D eigenvalue weighted by Gasteiger charge is 2.77. The molecule has 126 valence electrons. The highest BCUT2D eigenvalue weighted by molar-refractivity contribution is 6.17. The van der Waals surface area contributed by atoms with Gasteiger partial charge >= 0.3 is 23.9 Å². The van der Waals surface area contributed by atoms with Crippen LogP contribution < -0.4 is 0 Å². The zero-order valence-electron chi connectivity index (χ0n) is 12.0. The Morgan fingerprint density at radius 1 is 0.818 bits per heavy atom. The second kappa shape index (κ2) is 7.98. The van der Waals surface area contributed by atoms with E-state index in [2.05, 4.69) is 6.92 Å². The third-order valence-electron chi connectivity index (χ3n) is 3.80. The zero-order valence-corrected chi connectivity index (χ0v) is 12.8. The molecule has 1 aliphatic rings. The predicted octanol–water partition coefficient (Wildman–Crippen LogP) is 1.51. The SMILES string of the molecule is CCCCCCl.O=C(O)C1(C(=O)O)CCC1(C(=O)O)C(=O)O. The number of carboxylic acid groups (broad SMARTS) is 4. The number of alkyl halides is 1. The third-order valence-corrected chi connectivity index (χ3v) is 4.07. The number of carbonyl (C=O) groups is 4. The molecule has 8 nitrogen and oxygen atoms in total. The topological polar surface area (TPSA) is 149 Å². The molecule has 1 fully saturated rings. The van der Waals surface area contributed by atoms with Gasteiger partial charge in [-0.1, -0.05) is 19.8 Å². The number of aliphatic carboxylic acids is 4. The predicted molar refractivity (Wildman–Crippen MR) is 74.9 cm³/mol. The Morgan fingerprint density at radius 2 is 1.14 bits per heavy atom. The van der Waals surface area contributed by atoms with Gasteiger partial charge in [-0.05, 0) is 19.3 Å². The van der Waals surface area contributed by atoms with E-state index >= 15 is 0 Å². The van der Waals surface area contributed by atoms with Crippen molar-refractivity contribution in [2.75, 3.05) is 5.88 Å². The first-order valence-corrected chi connectivity index (χ1v) is 7.18. The fourth-order valence-corrected chi connectivity index (χ4v) is 2.50. The minimum atomic E-state index is -2.79. The molecule has 0 saturated heterocycles. The van der Waals surface area contributed by atoms with Crippen LogP contribution in [-0.4, -0.2) is 50.2 Å². The average molecular weight is 339 g/mol. The van der Waals surface area contributed by atoms with Gasteiger partial charge in [0.05, 0.1) is 0 Å². The Bertz CT molecular complexity index is 389. The lowest BCUT2D eigenvalue weighted by Gasteiger charge is -2.47. The van der Waals surface area contributed by atoms with Crippen molar-refractivity contribution in [1.29, 1.82) is 0 Å². The summed E-state index contributed by atoms with van der Waals surface area (Å²) in [5, 5.41) is 35.1. The lowest BCUT2D eigenvalue weighted by atomic mass is 9.49. The molecule has 0 heterocycles. The fraction of sp³-hybridized carbons (Fsp3) is 0.692. The van der Waals surface area contributed by atoms with Crippen LogP contribution in [0.1, 0.15) is 39.0 Å². The molecule has 4 N–H and O–H groups in total. The van der Waals surface area contributed by atoms with Gasteiger partial charge < -0.3 is 20.4 Å². The molecular formula is C13H19ClO8. The maximum atomic E-state index is 10.9. The largest absolute Gasteiger partial charge is 0.480 e. The first-order chi connectivity index (χ1) is 10.1. The molecule has 0 aromatic heterocycles. The van der Waals surface area contributed by atoms with Crippen LogP contribution in [-0.2, 0) is 19.2 Å². The van der Waals surface area contributed by atoms with E-state index < -0.39 is 47.5 Å². The van der Waals surface area contributed by atoms with Crippen molar-refractivity contribution in [3.05, 3.63) is 0 Å². The van der Waals surface area contributed by atoms with Gasteiger partial charge in [0.25, 0.3) is 0 Å². The molecule has 1 rings (SSSR count). The van der Waals surface area contributed by atoms with Gasteiger partial charge in [-0.2, -0.15) is 0 Å². The summed E-state index contributed by atoms with van der Waals surface area (Å²) in [7, 11) is 0. The summed E-state index contributed by atoms with van der Waals surface area (Å²) in [6.07, 6.45) is 2.70. The summed E-state index contributed by atoms with van der Waals surface area (Å²) in [6.45, 7) is 2.17. The normalized spacial score (nSPS) is 17.4. The number of carboxylic acids is 4. The van der Waals surface area contributed by atoms with E-state index in [4.69, 9.17) is 32.0 Å². The van der Waals surface area contributed by atoms with E-state index in [1.807, 2.05) is 0 Å². The van der Waals surface area contributed by atoms with Crippen LogP contribution in [0.15, 0.2) is 0 Å². The Hall–Kier alpha value is -1.83. The van der Waals surface area contributed by atoms with Crippen LogP contribution in [0.3, 0.4) is 0 Å². The first kappa shape index (κ1) is 20.2. The Balaban J connectivity index is 0.000000626. The molecule has 0 aliphatic heterocycles. The van der Waals surface area contributed by atoms with Crippen LogP contribution >= 0.6 is 11.6 Å². The fourth-order valence-electron chi connectivity index (χ4n) is 2.31. The first-order valence-electron chi connectivity index (χ1n) is 6.64. The molecule has 0 aromatic rings. The molecule has 0 amide bonds. The van der Waals surface area contributed by atoms with Crippen molar-refractivity contribution < 1.29 is 39.6 Å². The lowest BCUT2D eigenvalue weighted by Crippen LogP contribution is -2.67. The highest BCUT2D eigenvalue weighted by Crippen LogP contribution is 2.57. The summed E-state index contributed by atoms with van der Waals surface area (Å²) in [6, 6.07) is 0. The molecule has 0 spiro atoms. The number of hydrogen-bond acceptors (Lipinski definition) is 4. The van der Waals surface area contributed by atoms with Crippen molar-refractivity contribution in [3.8, 4) is 0 Å². The number of unbranched alkanes of at least 4 members (excludes halogenated alkanes) is 2. The van der Waals surface area contributed by atoms with Crippen LogP contribution in [0, 0.1) is 10.8 Å². The van der Waals surface area contributed by atoms with E-state index in [9.17, 15) is 19.2 Å². The van der Waals surface area contributed by atoms with Crippen LogP contribution in [0.4, 0.5) is 0 Å². The van der Waals surface area contributed by atoms with Gasteiger partial charge in [0.1, 0.15) is 0 Å². The van der Waals surface area contributed by atoms with Crippen molar-refractivity contribution >= 4 is 35.5 Å². The van der Waals surface area contributed by atoms with Crippen molar-refractivity contribution in [1.82, 2.24) is 0 Å². The summed E-state index contributed by atoms with van der Waals surface area (Å²) < 4.78 is 0. The molecule has 0 radical (unpaired) electrons. The van der Waals surface area contributed by atoms with Crippen LogP contribution in [0.5, 0.6) is 0 Å². The second-order valence-corrected chi connectivity index (χ2v) is 5.31. The summed E-state index contributed by atoms with van der Waals surface area (Å²) in [5.74, 6) is -6.97. The third kappa shape index (κ3) is 3.16. The Kier molecular flexibility index (Phi) is 7.31. The van der Waals surface area contributed by atoms with Gasteiger partial charge in [0, 0.05) is 5.88 Å². The van der Waals surface area contributed by atoms with Gasteiger partial charge in [-0.25, -0.2) is 0 Å². The van der Waals surface area contributed by atoms with E-state index in [0.717, 1.165) is 5.88 Å². The molecule has 0 unspecified atom stereocenters. The van der Waals surface area contributed by atoms with Crippen LogP contribution in [0.2, 0.25) is 0 Å². The molecule has 22 heavy (non-hydrogen) atoms. The van der Waals surface area contributed by atoms with E-state index in [1.54, 1.807) is 0 Å². The molecule has 0 bridgehead atoms. The van der Waals surface area contributed by atoms with Gasteiger partial charge in [0.15, 0.2) is 10.8 Å². The van der Waals surface area contributed by atoms with Crippen molar-refractivity contribution in [2.24, 2.45) is 10.8 Å². The minimum absolute atomic E-state index is 0.518. The average Bonchev–Trinajstić information content (AvgIpc) is 2.34. The smallest absolute Gasteiger partial charge is 0.322 e. The number of hydrogen-bond donors (Lipinski definition) is 4. The second-order valence-electron chi connectivity index (χ2n) is 4.93. The molecule has 0 aromatic carbocycles. The molecule has 1 saturated carbocycles. The summed E-state index contributed by atoms with van der Waals surface area (Å²) >= 11 is 5.38. The standard InChI is InChI=1S/C8H8O8.C5H11Cl/c9-3(10)7(4(11)12)1-2-8(7,5(13)14)6(15)16;1-2-3-4-5-6/h1-2H2,(H,9,10)(H,11,12)(H,13,14)(H,15,16);2-5H2,1H3. The Morgan fingerprint density at radius 3 is 1.23 bits per heavy atom. The summed E-state index contributed by atoms with van der Waals surface area (Å²) in [5.41, 5.74) is -5.57. The van der Waals surface area contributed by atoms with Gasteiger partial charge in [0.2, 0.25) is 0 Å². The zero-order chi connectivity index (χ0) is 17.6. The van der Waals surface area contributed by atoms with E-state index in [0.29, 0.717) is 0 Å². The van der Waals surface area contributed by atoms with E-state index in [-0.39, 0.29) is 0 Å². The number of halogens is 1. The monoisotopic (exact) mass is 338 g/mol. The van der Waals surface area contributed by atoms with Gasteiger partial charge in [-0.3, -0.25) is 19.2 Å². The summed E-state index contributed by atoms with van der Waals surface area (Å²) in [4.78, 5) is 43.4. The Labute approximate surface area is 131 Å². The quantitative estimate of drug-likeness (QED) is 0.310. The van der Waals surface area contributed by atoms with E-state index in [1.165, 1.54) is 19.3 Å². The lowest BCUT2D eigenvalue weighted by molar-refractivity contribution is -0.211. The minimum Gasteiger partial charge on any atom is -0.480 e. The number of rotatable bonds is 7. The maximum absolute atomic E-state index is 10.9. The molecule has 1 aliphatic carbocycles. The maximum Gasteiger partial charge on any atom is 0.322 e. The van der Waals surface area contributed by atoms with Gasteiger partial charge in [-0.15, -0.1) is 11.6 Å². The highest BCUT2D eigenvalue weighted by atomic mass is 35.5. The molecular weight excluding hydrogens is 320 g/mol. The molecule has 9 heteroatoms. The molecule has 0 atom stereocenters. The van der Waals surface area contributed by atoms with Crippen molar-refractivity contribution in [2.45, 2.75) is 39.0 Å². The van der Waals surface area contributed by atoms with Crippen LogP contribution in [0.25, 0.3) is 0 Å².